The van der Waals surface area contributed by atoms with Crippen molar-refractivity contribution >= 4 is 27.5 Å². The van der Waals surface area contributed by atoms with Gasteiger partial charge in [0.25, 0.3) is 21.8 Å². The average Bonchev–Trinajstić information content (AvgIpc) is 2.84. The van der Waals surface area contributed by atoms with E-state index in [1.807, 2.05) is 0 Å². The van der Waals surface area contributed by atoms with Gasteiger partial charge in [0.2, 0.25) is 0 Å². The summed E-state index contributed by atoms with van der Waals surface area (Å²) < 4.78 is 51.5. The van der Waals surface area contributed by atoms with Gasteiger partial charge in [-0.3, -0.25) is 25.2 Å². The van der Waals surface area contributed by atoms with Gasteiger partial charge in [-0.05, 0) is 67.6 Å². The Kier molecular flexibility index (Phi) is 7.69. The molecule has 3 aromatic rings. The zero-order valence-electron chi connectivity index (χ0n) is 18.2. The van der Waals surface area contributed by atoms with E-state index in [1.165, 1.54) is 56.5 Å². The first kappa shape index (κ1) is 24.5. The minimum Gasteiger partial charge on any atom is -0.497 e. The van der Waals surface area contributed by atoms with E-state index in [2.05, 4.69) is 15.6 Å². The van der Waals surface area contributed by atoms with Crippen molar-refractivity contribution in [1.29, 1.82) is 0 Å². The maximum atomic E-state index is 13.6. The van der Waals surface area contributed by atoms with Crippen molar-refractivity contribution in [3.8, 4) is 11.5 Å². The zero-order chi connectivity index (χ0) is 24.7. The SMILES string of the molecule is COc1ccc(NS(=O)(=O)c2ccc(C(=O)NNC(=O)C(C)Oc3ccccc3F)cc2)cc1. The Morgan fingerprint density at radius 2 is 1.56 bits per heavy atom. The molecule has 34 heavy (non-hydrogen) atoms. The minimum absolute atomic E-state index is 0.0594. The number of ether oxygens (including phenoxy) is 2. The predicted octanol–water partition coefficient (Wildman–Crippen LogP) is 2.86. The highest BCUT2D eigenvalue weighted by atomic mass is 32.2. The first-order valence-electron chi connectivity index (χ1n) is 9.98. The zero-order valence-corrected chi connectivity index (χ0v) is 19.1. The summed E-state index contributed by atoms with van der Waals surface area (Å²) in [6.07, 6.45) is -1.09. The van der Waals surface area contributed by atoms with Gasteiger partial charge in [-0.1, -0.05) is 12.1 Å². The van der Waals surface area contributed by atoms with E-state index in [9.17, 15) is 22.4 Å². The Hall–Kier alpha value is -4.12. The number of benzene rings is 3. The molecule has 0 fully saturated rings. The summed E-state index contributed by atoms with van der Waals surface area (Å²) in [6, 6.07) is 17.0. The van der Waals surface area contributed by atoms with Crippen molar-refractivity contribution in [3.05, 3.63) is 84.2 Å². The Morgan fingerprint density at radius 1 is 0.912 bits per heavy atom. The van der Waals surface area contributed by atoms with Crippen molar-refractivity contribution in [1.82, 2.24) is 10.9 Å². The molecule has 0 aliphatic heterocycles. The Bertz CT molecular complexity index is 1260. The third kappa shape index (κ3) is 6.23. The molecule has 0 saturated heterocycles. The van der Waals surface area contributed by atoms with Crippen LogP contribution in [0.25, 0.3) is 0 Å². The summed E-state index contributed by atoms with van der Waals surface area (Å²) in [5.74, 6) is -1.53. The predicted molar refractivity (Wildman–Crippen MR) is 122 cm³/mol. The monoisotopic (exact) mass is 487 g/mol. The van der Waals surface area contributed by atoms with Crippen LogP contribution in [0.2, 0.25) is 0 Å². The Labute approximate surface area is 195 Å². The van der Waals surface area contributed by atoms with Gasteiger partial charge in [-0.25, -0.2) is 12.8 Å². The lowest BCUT2D eigenvalue weighted by atomic mass is 10.2. The number of halogens is 1. The maximum absolute atomic E-state index is 13.6. The number of methoxy groups -OCH3 is 1. The Morgan fingerprint density at radius 3 is 2.18 bits per heavy atom. The third-order valence-corrected chi connectivity index (χ3v) is 5.98. The van der Waals surface area contributed by atoms with E-state index in [0.29, 0.717) is 11.4 Å². The lowest BCUT2D eigenvalue weighted by molar-refractivity contribution is -0.128. The summed E-state index contributed by atoms with van der Waals surface area (Å²) in [5, 5.41) is 0. The summed E-state index contributed by atoms with van der Waals surface area (Å²) in [7, 11) is -2.38. The summed E-state index contributed by atoms with van der Waals surface area (Å²) in [5.41, 5.74) is 4.83. The van der Waals surface area contributed by atoms with Crippen LogP contribution in [0.1, 0.15) is 17.3 Å². The van der Waals surface area contributed by atoms with E-state index in [-0.39, 0.29) is 16.2 Å². The number of sulfonamides is 1. The van der Waals surface area contributed by atoms with Gasteiger partial charge in [0.1, 0.15) is 5.75 Å². The van der Waals surface area contributed by atoms with Gasteiger partial charge in [-0.15, -0.1) is 0 Å². The number of amides is 2. The largest absolute Gasteiger partial charge is 0.497 e. The molecule has 0 bridgehead atoms. The molecule has 0 aromatic heterocycles. The van der Waals surface area contributed by atoms with Crippen LogP contribution in [0.15, 0.2) is 77.7 Å². The van der Waals surface area contributed by atoms with Crippen molar-refractivity contribution in [2.45, 2.75) is 17.9 Å². The molecule has 1 unspecified atom stereocenters. The molecule has 3 N–H and O–H groups in total. The van der Waals surface area contributed by atoms with Crippen LogP contribution < -0.4 is 25.0 Å². The molecule has 0 radical (unpaired) electrons. The van der Waals surface area contributed by atoms with Gasteiger partial charge in [-0.2, -0.15) is 0 Å². The van der Waals surface area contributed by atoms with Crippen LogP contribution >= 0.6 is 0 Å². The fraction of sp³-hybridized carbons (Fsp3) is 0.130. The molecule has 3 aromatic carbocycles. The van der Waals surface area contributed by atoms with Crippen LogP contribution in [-0.2, 0) is 14.8 Å². The van der Waals surface area contributed by atoms with E-state index in [0.717, 1.165) is 0 Å². The van der Waals surface area contributed by atoms with Crippen LogP contribution in [-0.4, -0.2) is 33.4 Å². The molecule has 0 aliphatic carbocycles. The number of carbonyl (C=O) groups is 2. The van der Waals surface area contributed by atoms with Gasteiger partial charge in [0.15, 0.2) is 17.7 Å². The molecule has 0 spiro atoms. The highest BCUT2D eigenvalue weighted by molar-refractivity contribution is 7.92. The first-order chi connectivity index (χ1) is 16.2. The number of rotatable bonds is 8. The summed E-state index contributed by atoms with van der Waals surface area (Å²) in [4.78, 5) is 24.4. The molecule has 1 atom stereocenters. The second kappa shape index (κ2) is 10.7. The second-order valence-electron chi connectivity index (χ2n) is 6.99. The van der Waals surface area contributed by atoms with Gasteiger partial charge < -0.3 is 9.47 Å². The van der Waals surface area contributed by atoms with E-state index < -0.39 is 33.8 Å². The first-order valence-corrected chi connectivity index (χ1v) is 11.5. The molecule has 0 aliphatic rings. The van der Waals surface area contributed by atoms with Crippen molar-refractivity contribution in [2.24, 2.45) is 0 Å². The Balaban J connectivity index is 1.56. The third-order valence-electron chi connectivity index (χ3n) is 4.58. The van der Waals surface area contributed by atoms with Crippen LogP contribution in [0, 0.1) is 5.82 Å². The van der Waals surface area contributed by atoms with Gasteiger partial charge in [0, 0.05) is 11.3 Å². The summed E-state index contributed by atoms with van der Waals surface area (Å²) >= 11 is 0. The highest BCUT2D eigenvalue weighted by Gasteiger charge is 2.18. The van der Waals surface area contributed by atoms with Crippen LogP contribution in [0.4, 0.5) is 10.1 Å². The molecular formula is C23H22FN3O6S. The molecule has 0 heterocycles. The lowest BCUT2D eigenvalue weighted by Crippen LogP contribution is -2.47. The smallest absolute Gasteiger partial charge is 0.279 e. The number of para-hydroxylation sites is 1. The number of anilines is 1. The fourth-order valence-corrected chi connectivity index (χ4v) is 3.79. The molecule has 2 amide bonds. The number of nitrogens with one attached hydrogen (secondary N) is 3. The molecular weight excluding hydrogens is 465 g/mol. The average molecular weight is 488 g/mol. The van der Waals surface area contributed by atoms with E-state index in [1.54, 1.807) is 30.3 Å². The molecule has 11 heteroatoms. The molecule has 178 valence electrons. The fourth-order valence-electron chi connectivity index (χ4n) is 2.74. The van der Waals surface area contributed by atoms with Crippen molar-refractivity contribution < 1.29 is 31.9 Å². The number of hydrogen-bond acceptors (Lipinski definition) is 6. The topological polar surface area (TPSA) is 123 Å². The number of hydrogen-bond donors (Lipinski definition) is 3. The van der Waals surface area contributed by atoms with Gasteiger partial charge >= 0.3 is 0 Å². The van der Waals surface area contributed by atoms with Crippen molar-refractivity contribution in [2.75, 3.05) is 11.8 Å². The quantitative estimate of drug-likeness (QED) is 0.420. The maximum Gasteiger partial charge on any atom is 0.279 e. The second-order valence-corrected chi connectivity index (χ2v) is 8.67. The van der Waals surface area contributed by atoms with E-state index in [4.69, 9.17) is 9.47 Å². The van der Waals surface area contributed by atoms with Gasteiger partial charge in [0.05, 0.1) is 12.0 Å². The van der Waals surface area contributed by atoms with E-state index >= 15 is 0 Å². The molecule has 9 nitrogen and oxygen atoms in total. The normalized spacial score (nSPS) is 11.7. The standard InChI is InChI=1S/C23H22FN3O6S/c1-15(33-21-6-4-3-5-20(21)24)22(28)25-26-23(29)16-7-13-19(14-8-16)34(30,31)27-17-9-11-18(32-2)12-10-17/h3-15,27H,1-2H3,(H,25,28)(H,26,29). The lowest BCUT2D eigenvalue weighted by Gasteiger charge is -2.15. The highest BCUT2D eigenvalue weighted by Crippen LogP contribution is 2.20. The van der Waals surface area contributed by atoms with Crippen molar-refractivity contribution in [3.63, 3.8) is 0 Å². The summed E-state index contributed by atoms with van der Waals surface area (Å²) in [6.45, 7) is 1.39. The minimum atomic E-state index is -3.89. The number of carbonyl (C=O) groups excluding carboxylic acids is 2. The molecule has 3 rings (SSSR count). The van der Waals surface area contributed by atoms with Crippen LogP contribution in [0.3, 0.4) is 0 Å². The molecule has 0 saturated carbocycles. The van der Waals surface area contributed by atoms with Crippen LogP contribution in [0.5, 0.6) is 11.5 Å². The number of hydrazine groups is 1.